The molecule has 0 atom stereocenters. The van der Waals surface area contributed by atoms with E-state index >= 15 is 0 Å². The van der Waals surface area contributed by atoms with Crippen LogP contribution in [0.2, 0.25) is 0 Å². The first kappa shape index (κ1) is 15.7. The topological polar surface area (TPSA) is 64.6 Å². The lowest BCUT2D eigenvalue weighted by Gasteiger charge is -2.10. The highest BCUT2D eigenvalue weighted by atomic mass is 19.1. The summed E-state index contributed by atoms with van der Waals surface area (Å²) in [5.41, 5.74) is 1.95. The van der Waals surface area contributed by atoms with Gasteiger partial charge in [0.25, 0.3) is 5.69 Å². The molecular weight excluding hydrogens is 325 g/mol. The number of fused-ring (bicyclic) bond motifs is 3. The summed E-state index contributed by atoms with van der Waals surface area (Å²) in [5, 5.41) is 0. The molecule has 2 aromatic rings. The number of benzene rings is 1. The van der Waals surface area contributed by atoms with Crippen molar-refractivity contribution >= 4 is 17.6 Å². The van der Waals surface area contributed by atoms with E-state index in [4.69, 9.17) is 4.74 Å². The van der Waals surface area contributed by atoms with Crippen LogP contribution >= 0.6 is 0 Å². The Morgan fingerprint density at radius 2 is 2.08 bits per heavy atom. The Bertz CT molecular complexity index is 897. The van der Waals surface area contributed by atoms with Gasteiger partial charge in [0, 0.05) is 18.9 Å². The van der Waals surface area contributed by atoms with E-state index in [2.05, 4.69) is 4.98 Å². The van der Waals surface area contributed by atoms with Gasteiger partial charge in [-0.05, 0) is 31.9 Å². The van der Waals surface area contributed by atoms with Gasteiger partial charge in [0.1, 0.15) is 5.75 Å². The van der Waals surface area contributed by atoms with Gasteiger partial charge in [0.05, 0.1) is 6.61 Å². The maximum absolute atomic E-state index is 14.5. The molecular formula is C18H18FN3O3+2. The monoisotopic (exact) mass is 343 g/mol. The Morgan fingerprint density at radius 3 is 2.84 bits per heavy atom. The Labute approximate surface area is 143 Å². The lowest BCUT2D eigenvalue weighted by atomic mass is 10.00. The molecule has 0 saturated heterocycles. The molecule has 1 aliphatic heterocycles. The van der Waals surface area contributed by atoms with E-state index in [1.54, 1.807) is 13.0 Å². The van der Waals surface area contributed by atoms with Gasteiger partial charge in [0.2, 0.25) is 11.9 Å². The highest BCUT2D eigenvalue weighted by Crippen LogP contribution is 2.28. The molecule has 4 rings (SSSR count). The molecule has 1 N–H and O–H groups in total. The van der Waals surface area contributed by atoms with Gasteiger partial charge in [-0.15, -0.1) is 9.47 Å². The molecule has 2 heterocycles. The van der Waals surface area contributed by atoms with Crippen molar-refractivity contribution in [2.45, 2.75) is 32.6 Å². The summed E-state index contributed by atoms with van der Waals surface area (Å²) in [4.78, 5) is 29.6. The van der Waals surface area contributed by atoms with Crippen LogP contribution in [0.5, 0.6) is 5.75 Å². The number of nitrogens with one attached hydrogen (secondary N) is 1. The first-order chi connectivity index (χ1) is 12.1. The maximum atomic E-state index is 14.5. The van der Waals surface area contributed by atoms with E-state index in [1.165, 1.54) is 22.9 Å². The average molecular weight is 343 g/mol. The Hall–Kier alpha value is -2.83. The van der Waals surface area contributed by atoms with Crippen LogP contribution in [0.3, 0.4) is 0 Å². The van der Waals surface area contributed by atoms with Crippen molar-refractivity contribution in [1.29, 1.82) is 0 Å². The number of aryl methyl sites for hydroxylation is 1. The third-order valence-electron chi connectivity index (χ3n) is 4.61. The molecule has 0 saturated carbocycles. The van der Waals surface area contributed by atoms with Crippen LogP contribution < -0.4 is 19.2 Å². The molecule has 0 bridgehead atoms. The summed E-state index contributed by atoms with van der Waals surface area (Å²) in [6, 6.07) is 3.61. The second kappa shape index (κ2) is 5.91. The van der Waals surface area contributed by atoms with E-state index in [0.29, 0.717) is 12.4 Å². The van der Waals surface area contributed by atoms with Gasteiger partial charge >= 0.3 is 11.9 Å². The molecule has 1 aliphatic carbocycles. The van der Waals surface area contributed by atoms with E-state index in [9.17, 15) is 14.0 Å². The van der Waals surface area contributed by atoms with Crippen LogP contribution in [0.25, 0.3) is 0 Å². The van der Waals surface area contributed by atoms with Crippen molar-refractivity contribution < 1.29 is 28.3 Å². The average Bonchev–Trinajstić information content (AvgIpc) is 2.87. The predicted octanol–water partition coefficient (Wildman–Crippen LogP) is 1.83. The number of carbonyl (C=O) groups is 2. The van der Waals surface area contributed by atoms with Crippen LogP contribution in [-0.2, 0) is 12.8 Å². The highest BCUT2D eigenvalue weighted by Gasteiger charge is 2.52. The number of halogens is 1. The van der Waals surface area contributed by atoms with Gasteiger partial charge < -0.3 is 4.74 Å². The smallest absolute Gasteiger partial charge is 0.494 e. The molecule has 25 heavy (non-hydrogen) atoms. The van der Waals surface area contributed by atoms with Gasteiger partial charge in [0.15, 0.2) is 17.2 Å². The second-order valence-electron chi connectivity index (χ2n) is 6.11. The molecule has 0 unspecified atom stereocenters. The minimum atomic E-state index is -0.668. The quantitative estimate of drug-likeness (QED) is 0.799. The molecule has 0 radical (unpaired) electrons. The molecule has 2 amide bonds. The van der Waals surface area contributed by atoms with E-state index in [-0.39, 0.29) is 11.4 Å². The van der Waals surface area contributed by atoms with Crippen molar-refractivity contribution in [3.8, 4) is 5.75 Å². The number of rotatable bonds is 3. The first-order valence-corrected chi connectivity index (χ1v) is 8.41. The van der Waals surface area contributed by atoms with Crippen molar-refractivity contribution in [3.05, 3.63) is 47.3 Å². The zero-order valence-electron chi connectivity index (χ0n) is 13.8. The molecule has 1 aromatic heterocycles. The van der Waals surface area contributed by atoms with Gasteiger partial charge in [-0.25, -0.2) is 14.2 Å². The number of ether oxygens (including phenoxy) is 1. The van der Waals surface area contributed by atoms with Crippen molar-refractivity contribution in [2.24, 2.45) is 0 Å². The summed E-state index contributed by atoms with van der Waals surface area (Å²) in [5.74, 6) is -0.838. The maximum Gasteiger partial charge on any atom is 0.512 e. The van der Waals surface area contributed by atoms with Gasteiger partial charge in [-0.2, -0.15) is 4.79 Å². The summed E-state index contributed by atoms with van der Waals surface area (Å²) in [7, 11) is 0. The number of hydrogen-bond acceptors (Lipinski definition) is 3. The number of aromatic amines is 1. The second-order valence-corrected chi connectivity index (χ2v) is 6.11. The Balaban J connectivity index is 1.78. The van der Waals surface area contributed by atoms with Crippen LogP contribution in [0.1, 0.15) is 41.6 Å². The van der Waals surface area contributed by atoms with Crippen LogP contribution in [-0.4, -0.2) is 18.5 Å². The first-order valence-electron chi connectivity index (χ1n) is 8.41. The number of imide groups is 1. The number of anilines is 1. The van der Waals surface area contributed by atoms with E-state index in [0.717, 1.165) is 42.0 Å². The molecule has 0 fully saturated rings. The van der Waals surface area contributed by atoms with Crippen molar-refractivity contribution in [2.75, 3.05) is 11.5 Å². The highest BCUT2D eigenvalue weighted by molar-refractivity contribution is 6.20. The van der Waals surface area contributed by atoms with E-state index < -0.39 is 17.8 Å². The third-order valence-corrected chi connectivity index (χ3v) is 4.61. The number of amides is 2. The fourth-order valence-electron chi connectivity index (χ4n) is 3.47. The standard InChI is InChI=1S/C18H17FN3O3/c1-2-25-11-7-8-14(12(19)9-11)22-17(23)16-10-20-13-5-3-4-6-15(13)21(16)18(22)24/h7-10H,2-6H2,1H3/q+1/p+1. The lowest BCUT2D eigenvalue weighted by molar-refractivity contribution is -0.596. The number of nitrogens with zero attached hydrogens (tertiary/aromatic N) is 2. The number of H-pyrrole nitrogens is 1. The third kappa shape index (κ3) is 2.38. The number of carbonyl (C=O) groups excluding carboxylic acids is 2. The molecule has 128 valence electrons. The molecule has 2 aliphatic rings. The van der Waals surface area contributed by atoms with E-state index in [1.807, 2.05) is 0 Å². The molecule has 7 heteroatoms. The fourth-order valence-corrected chi connectivity index (χ4v) is 3.47. The largest absolute Gasteiger partial charge is 0.512 e. The number of hydrogen-bond donors (Lipinski definition) is 0. The van der Waals surface area contributed by atoms with Crippen LogP contribution in [0.4, 0.5) is 14.9 Å². The fraction of sp³-hybridized carbons (Fsp3) is 0.333. The predicted molar refractivity (Wildman–Crippen MR) is 85.0 cm³/mol. The molecule has 0 spiro atoms. The Kier molecular flexibility index (Phi) is 3.71. The molecule has 1 aromatic carbocycles. The van der Waals surface area contributed by atoms with Crippen LogP contribution in [0.15, 0.2) is 24.4 Å². The molecule has 6 nitrogen and oxygen atoms in total. The normalized spacial score (nSPS) is 16.0. The van der Waals surface area contributed by atoms with Crippen molar-refractivity contribution in [3.63, 3.8) is 0 Å². The van der Waals surface area contributed by atoms with Gasteiger partial charge in [-0.1, -0.05) is 0 Å². The SMILES string of the molecule is CCOc1ccc(N2C(=O)c3c[nH+]c4c([n+]3C2=O)CCCC4)c(F)c1. The summed E-state index contributed by atoms with van der Waals surface area (Å²) >= 11 is 0. The van der Waals surface area contributed by atoms with Crippen LogP contribution in [0, 0.1) is 5.82 Å². The van der Waals surface area contributed by atoms with Gasteiger partial charge in [-0.3, -0.25) is 0 Å². The van der Waals surface area contributed by atoms with Crippen molar-refractivity contribution in [1.82, 2.24) is 0 Å². The Morgan fingerprint density at radius 1 is 1.28 bits per heavy atom. The summed E-state index contributed by atoms with van der Waals surface area (Å²) < 4.78 is 21.2. The lowest BCUT2D eigenvalue weighted by Crippen LogP contribution is -2.52. The minimum Gasteiger partial charge on any atom is -0.494 e. The zero-order chi connectivity index (χ0) is 17.6. The summed E-state index contributed by atoms with van der Waals surface area (Å²) in [6.07, 6.45) is 5.11. The minimum absolute atomic E-state index is 0.0632. The zero-order valence-corrected chi connectivity index (χ0v) is 13.8. The number of aromatic nitrogens is 2. The summed E-state index contributed by atoms with van der Waals surface area (Å²) in [6.45, 7) is 2.20.